The van der Waals surface area contributed by atoms with Crippen molar-refractivity contribution in [3.63, 3.8) is 0 Å². The molecule has 0 radical (unpaired) electrons. The lowest BCUT2D eigenvalue weighted by Crippen LogP contribution is -2.49. The summed E-state index contributed by atoms with van der Waals surface area (Å²) >= 11 is 0. The standard InChI is InChI=1S/C12H22N4O2/c1-8(11(13)15-18)12(17)14-9-4-6-16-5-2-3-10(16)7-9/h8-10,18H,2-7H2,1H3,(H2,13,15)(H,14,17). The molecule has 6 nitrogen and oxygen atoms in total. The van der Waals surface area contributed by atoms with E-state index in [4.69, 9.17) is 10.9 Å². The van der Waals surface area contributed by atoms with E-state index in [1.807, 2.05) is 0 Å². The number of oxime groups is 1. The number of hydrogen-bond donors (Lipinski definition) is 3. The summed E-state index contributed by atoms with van der Waals surface area (Å²) in [5.74, 6) is -0.760. The Labute approximate surface area is 107 Å². The maximum absolute atomic E-state index is 11.9. The Kier molecular flexibility index (Phi) is 4.06. The lowest BCUT2D eigenvalue weighted by molar-refractivity contribution is -0.123. The number of rotatable bonds is 3. The van der Waals surface area contributed by atoms with Gasteiger partial charge in [-0.25, -0.2) is 0 Å². The van der Waals surface area contributed by atoms with Crippen molar-refractivity contribution in [2.24, 2.45) is 16.8 Å². The van der Waals surface area contributed by atoms with Gasteiger partial charge in [0.25, 0.3) is 0 Å². The summed E-state index contributed by atoms with van der Waals surface area (Å²) in [7, 11) is 0. The number of fused-ring (bicyclic) bond motifs is 1. The van der Waals surface area contributed by atoms with Gasteiger partial charge < -0.3 is 21.2 Å². The Bertz CT molecular complexity index is 345. The number of carbonyl (C=O) groups is 1. The van der Waals surface area contributed by atoms with Crippen LogP contribution in [0.1, 0.15) is 32.6 Å². The van der Waals surface area contributed by atoms with Crippen LogP contribution < -0.4 is 11.1 Å². The Morgan fingerprint density at radius 1 is 1.50 bits per heavy atom. The van der Waals surface area contributed by atoms with E-state index in [0.29, 0.717) is 6.04 Å². The summed E-state index contributed by atoms with van der Waals surface area (Å²) in [4.78, 5) is 14.4. The summed E-state index contributed by atoms with van der Waals surface area (Å²) < 4.78 is 0. The highest BCUT2D eigenvalue weighted by atomic mass is 16.4. The molecular weight excluding hydrogens is 232 g/mol. The first-order valence-corrected chi connectivity index (χ1v) is 6.63. The third-order valence-corrected chi connectivity index (χ3v) is 4.12. The third-order valence-electron chi connectivity index (χ3n) is 4.12. The van der Waals surface area contributed by atoms with Crippen molar-refractivity contribution in [3.05, 3.63) is 0 Å². The minimum Gasteiger partial charge on any atom is -0.409 e. The number of amidine groups is 1. The topological polar surface area (TPSA) is 91.0 Å². The number of nitrogens with zero attached hydrogens (tertiary/aromatic N) is 2. The molecule has 3 unspecified atom stereocenters. The van der Waals surface area contributed by atoms with Crippen molar-refractivity contribution in [3.8, 4) is 0 Å². The first-order chi connectivity index (χ1) is 8.61. The molecule has 3 atom stereocenters. The van der Waals surface area contributed by atoms with Crippen molar-refractivity contribution in [1.82, 2.24) is 10.2 Å². The molecule has 6 heteroatoms. The Morgan fingerprint density at radius 2 is 2.28 bits per heavy atom. The van der Waals surface area contributed by atoms with Crippen LogP contribution in [0.4, 0.5) is 0 Å². The van der Waals surface area contributed by atoms with E-state index in [-0.39, 0.29) is 17.8 Å². The summed E-state index contributed by atoms with van der Waals surface area (Å²) in [5.41, 5.74) is 5.44. The SMILES string of the molecule is CC(C(=O)NC1CCN2CCCC2C1)C(N)=NO. The predicted molar refractivity (Wildman–Crippen MR) is 68.3 cm³/mol. The van der Waals surface area contributed by atoms with Gasteiger partial charge in [0.15, 0.2) is 5.84 Å². The first-order valence-electron chi connectivity index (χ1n) is 6.63. The van der Waals surface area contributed by atoms with Crippen LogP contribution in [0.25, 0.3) is 0 Å². The van der Waals surface area contributed by atoms with Crippen LogP contribution in [0, 0.1) is 5.92 Å². The van der Waals surface area contributed by atoms with Gasteiger partial charge in [0.1, 0.15) is 0 Å². The van der Waals surface area contributed by atoms with E-state index in [2.05, 4.69) is 15.4 Å². The third kappa shape index (κ3) is 2.75. The average Bonchev–Trinajstić information content (AvgIpc) is 2.84. The van der Waals surface area contributed by atoms with Gasteiger partial charge in [-0.1, -0.05) is 5.16 Å². The van der Waals surface area contributed by atoms with Gasteiger partial charge in [-0.3, -0.25) is 4.79 Å². The highest BCUT2D eigenvalue weighted by molar-refractivity contribution is 6.01. The van der Waals surface area contributed by atoms with Crippen LogP contribution in [-0.4, -0.2) is 47.0 Å². The van der Waals surface area contributed by atoms with Crippen LogP contribution in [0.5, 0.6) is 0 Å². The van der Waals surface area contributed by atoms with E-state index in [1.165, 1.54) is 19.4 Å². The highest BCUT2D eigenvalue weighted by Gasteiger charge is 2.33. The second-order valence-electron chi connectivity index (χ2n) is 5.31. The zero-order valence-corrected chi connectivity index (χ0v) is 10.8. The number of amides is 1. The molecule has 0 aromatic heterocycles. The van der Waals surface area contributed by atoms with E-state index in [9.17, 15) is 4.79 Å². The molecule has 2 aliphatic rings. The number of hydrogen-bond acceptors (Lipinski definition) is 4. The van der Waals surface area contributed by atoms with Gasteiger partial charge in [-0.2, -0.15) is 0 Å². The Balaban J connectivity index is 1.84. The number of nitrogens with two attached hydrogens (primary N) is 1. The first kappa shape index (κ1) is 13.1. The van der Waals surface area contributed by atoms with Crippen LogP contribution in [-0.2, 0) is 4.79 Å². The van der Waals surface area contributed by atoms with Crippen molar-refractivity contribution in [2.45, 2.75) is 44.7 Å². The highest BCUT2D eigenvalue weighted by Crippen LogP contribution is 2.26. The van der Waals surface area contributed by atoms with E-state index >= 15 is 0 Å². The molecule has 18 heavy (non-hydrogen) atoms. The van der Waals surface area contributed by atoms with E-state index in [1.54, 1.807) is 6.92 Å². The molecule has 0 saturated carbocycles. The minimum absolute atomic E-state index is 0.0363. The fourth-order valence-corrected chi connectivity index (χ4v) is 2.90. The second-order valence-corrected chi connectivity index (χ2v) is 5.31. The zero-order chi connectivity index (χ0) is 13.1. The van der Waals surface area contributed by atoms with Crippen molar-refractivity contribution in [1.29, 1.82) is 0 Å². The summed E-state index contributed by atoms with van der Waals surface area (Å²) in [6.45, 7) is 3.91. The maximum Gasteiger partial charge on any atom is 0.230 e. The molecule has 102 valence electrons. The number of piperidine rings is 1. The molecule has 2 rings (SSSR count). The van der Waals surface area contributed by atoms with Crippen molar-refractivity contribution < 1.29 is 10.0 Å². The zero-order valence-electron chi connectivity index (χ0n) is 10.8. The molecule has 4 N–H and O–H groups in total. The van der Waals surface area contributed by atoms with Crippen molar-refractivity contribution >= 4 is 11.7 Å². The molecule has 0 aromatic carbocycles. The Hall–Kier alpha value is -1.30. The second kappa shape index (κ2) is 5.56. The van der Waals surface area contributed by atoms with Gasteiger partial charge >= 0.3 is 0 Å². The number of nitrogens with one attached hydrogen (secondary N) is 1. The van der Waals surface area contributed by atoms with Gasteiger partial charge in [0.05, 0.1) is 5.92 Å². The van der Waals surface area contributed by atoms with Crippen molar-refractivity contribution in [2.75, 3.05) is 13.1 Å². The summed E-state index contributed by atoms with van der Waals surface area (Å²) in [6.07, 6.45) is 4.52. The van der Waals surface area contributed by atoms with Crippen LogP contribution in [0.15, 0.2) is 5.16 Å². The van der Waals surface area contributed by atoms with Gasteiger partial charge in [-0.05, 0) is 39.2 Å². The Morgan fingerprint density at radius 3 is 3.00 bits per heavy atom. The fraction of sp³-hybridized carbons (Fsp3) is 0.833. The van der Waals surface area contributed by atoms with Gasteiger partial charge in [-0.15, -0.1) is 0 Å². The molecule has 0 spiro atoms. The fourth-order valence-electron chi connectivity index (χ4n) is 2.90. The molecule has 2 saturated heterocycles. The largest absolute Gasteiger partial charge is 0.409 e. The quantitative estimate of drug-likeness (QED) is 0.288. The molecule has 1 amide bonds. The molecular formula is C12H22N4O2. The van der Waals surface area contributed by atoms with Crippen LogP contribution in [0.3, 0.4) is 0 Å². The molecule has 2 heterocycles. The number of carbonyl (C=O) groups excluding carboxylic acids is 1. The smallest absolute Gasteiger partial charge is 0.230 e. The molecule has 0 aliphatic carbocycles. The van der Waals surface area contributed by atoms with E-state index in [0.717, 1.165) is 19.4 Å². The molecule has 2 fully saturated rings. The summed E-state index contributed by atoms with van der Waals surface area (Å²) in [5, 5.41) is 14.4. The lowest BCUT2D eigenvalue weighted by Gasteiger charge is -2.35. The lowest BCUT2D eigenvalue weighted by atomic mass is 9.97. The average molecular weight is 254 g/mol. The van der Waals surface area contributed by atoms with Gasteiger partial charge in [0, 0.05) is 18.6 Å². The van der Waals surface area contributed by atoms with Crippen LogP contribution >= 0.6 is 0 Å². The monoisotopic (exact) mass is 254 g/mol. The maximum atomic E-state index is 11.9. The molecule has 2 aliphatic heterocycles. The van der Waals surface area contributed by atoms with E-state index < -0.39 is 5.92 Å². The molecule has 0 bridgehead atoms. The predicted octanol–water partition coefficient (Wildman–Crippen LogP) is 0.112. The molecule has 0 aromatic rings. The minimum atomic E-state index is -0.573. The normalized spacial score (nSPS) is 30.8. The van der Waals surface area contributed by atoms with Crippen LogP contribution in [0.2, 0.25) is 0 Å². The summed E-state index contributed by atoms with van der Waals surface area (Å²) in [6, 6.07) is 0.856. The van der Waals surface area contributed by atoms with Gasteiger partial charge in [0.2, 0.25) is 5.91 Å².